The molecule has 0 aliphatic carbocycles. The molecule has 1 N–H and O–H groups in total. The molecule has 110 valence electrons. The highest BCUT2D eigenvalue weighted by atomic mass is 79.9. The van der Waals surface area contributed by atoms with Gasteiger partial charge in [0.2, 0.25) is 0 Å². The second-order valence-corrected chi connectivity index (χ2v) is 5.27. The van der Waals surface area contributed by atoms with Crippen LogP contribution in [0.4, 0.5) is 0 Å². The summed E-state index contributed by atoms with van der Waals surface area (Å²) in [6, 6.07) is 10.9. The van der Waals surface area contributed by atoms with E-state index in [9.17, 15) is 9.90 Å². The van der Waals surface area contributed by atoms with E-state index in [1.165, 1.54) is 0 Å². The molecule has 0 radical (unpaired) electrons. The van der Waals surface area contributed by atoms with Gasteiger partial charge in [-0.25, -0.2) is 4.79 Å². The lowest BCUT2D eigenvalue weighted by Crippen LogP contribution is -2.13. The van der Waals surface area contributed by atoms with E-state index in [0.717, 1.165) is 10.0 Å². The number of furan rings is 1. The first-order chi connectivity index (χ1) is 10.0. The molecule has 0 spiro atoms. The lowest BCUT2D eigenvalue weighted by atomic mass is 10.1. The number of esters is 1. The number of aliphatic hydroxyl groups excluding tert-OH is 1. The van der Waals surface area contributed by atoms with Gasteiger partial charge in [0, 0.05) is 10.0 Å². The molecule has 0 bridgehead atoms. The molecule has 0 fully saturated rings. The molecule has 5 heteroatoms. The van der Waals surface area contributed by atoms with E-state index in [-0.39, 0.29) is 17.9 Å². The fourth-order valence-electron chi connectivity index (χ4n) is 1.78. The summed E-state index contributed by atoms with van der Waals surface area (Å²) in [6.45, 7) is 5.47. The van der Waals surface area contributed by atoms with Crippen molar-refractivity contribution < 1.29 is 19.1 Å². The lowest BCUT2D eigenvalue weighted by Gasteiger charge is -2.10. The highest BCUT2D eigenvalue weighted by Gasteiger charge is 2.22. The highest BCUT2D eigenvalue weighted by Crippen LogP contribution is 2.29. The second kappa shape index (κ2) is 6.74. The first kappa shape index (κ1) is 15.5. The van der Waals surface area contributed by atoms with Gasteiger partial charge in [-0.05, 0) is 31.2 Å². The Bertz CT molecular complexity index is 643. The minimum atomic E-state index is -1.21. The fourth-order valence-corrected chi connectivity index (χ4v) is 2.04. The summed E-state index contributed by atoms with van der Waals surface area (Å²) < 4.78 is 11.4. The van der Waals surface area contributed by atoms with Gasteiger partial charge in [-0.3, -0.25) is 0 Å². The summed E-state index contributed by atoms with van der Waals surface area (Å²) in [5, 5.41) is 10.1. The summed E-state index contributed by atoms with van der Waals surface area (Å²) in [4.78, 5) is 11.5. The van der Waals surface area contributed by atoms with E-state index in [2.05, 4.69) is 22.5 Å². The summed E-state index contributed by atoms with van der Waals surface area (Å²) in [7, 11) is 0. The number of carbonyl (C=O) groups excluding carboxylic acids is 1. The Kier molecular flexibility index (Phi) is 4.98. The van der Waals surface area contributed by atoms with Crippen molar-refractivity contribution >= 4 is 21.9 Å². The van der Waals surface area contributed by atoms with Crippen molar-refractivity contribution in [1.29, 1.82) is 0 Å². The Morgan fingerprint density at radius 1 is 1.33 bits per heavy atom. The van der Waals surface area contributed by atoms with Crippen LogP contribution < -0.4 is 0 Å². The van der Waals surface area contributed by atoms with Gasteiger partial charge in [-0.15, -0.1) is 0 Å². The van der Waals surface area contributed by atoms with Gasteiger partial charge >= 0.3 is 5.97 Å². The zero-order valence-corrected chi connectivity index (χ0v) is 13.1. The highest BCUT2D eigenvalue weighted by molar-refractivity contribution is 9.10. The third kappa shape index (κ3) is 3.62. The van der Waals surface area contributed by atoms with E-state index < -0.39 is 12.1 Å². The van der Waals surface area contributed by atoms with Crippen molar-refractivity contribution in [1.82, 2.24) is 0 Å². The van der Waals surface area contributed by atoms with Gasteiger partial charge in [-0.2, -0.15) is 0 Å². The standard InChI is InChI=1S/C16H15BrO4/c1-3-20-16(19)10(2)15(18)14-9-8-13(21-14)11-4-6-12(17)7-5-11/h4-9,15,18H,2-3H2,1H3. The number of ether oxygens (including phenoxy) is 1. The van der Waals surface area contributed by atoms with Crippen LogP contribution in [0.5, 0.6) is 0 Å². The maximum absolute atomic E-state index is 11.5. The number of hydrogen-bond acceptors (Lipinski definition) is 4. The van der Waals surface area contributed by atoms with Crippen LogP contribution in [-0.4, -0.2) is 17.7 Å². The molecule has 1 aromatic heterocycles. The SMILES string of the molecule is C=C(C(=O)OCC)C(O)c1ccc(-c2ccc(Br)cc2)o1. The molecule has 1 heterocycles. The smallest absolute Gasteiger partial charge is 0.336 e. The summed E-state index contributed by atoms with van der Waals surface area (Å²) in [5.74, 6) is 0.228. The molecule has 0 saturated carbocycles. The van der Waals surface area contributed by atoms with Crippen LogP contribution in [0, 0.1) is 0 Å². The van der Waals surface area contributed by atoms with Crippen LogP contribution in [0.3, 0.4) is 0 Å². The Labute approximate surface area is 131 Å². The molecule has 0 aliphatic heterocycles. The van der Waals surface area contributed by atoms with Crippen LogP contribution in [0.1, 0.15) is 18.8 Å². The Hall–Kier alpha value is -1.85. The molecule has 1 aromatic carbocycles. The number of rotatable bonds is 5. The van der Waals surface area contributed by atoms with E-state index in [1.54, 1.807) is 19.1 Å². The third-order valence-corrected chi connectivity index (χ3v) is 3.42. The Morgan fingerprint density at radius 2 is 2.00 bits per heavy atom. The number of halogens is 1. The van der Waals surface area contributed by atoms with Crippen molar-refractivity contribution in [3.8, 4) is 11.3 Å². The van der Waals surface area contributed by atoms with E-state index in [1.807, 2.05) is 24.3 Å². The molecule has 21 heavy (non-hydrogen) atoms. The van der Waals surface area contributed by atoms with Crippen molar-refractivity contribution in [2.24, 2.45) is 0 Å². The maximum atomic E-state index is 11.5. The molecule has 1 unspecified atom stereocenters. The first-order valence-corrected chi connectivity index (χ1v) is 7.22. The monoisotopic (exact) mass is 350 g/mol. The van der Waals surface area contributed by atoms with E-state index >= 15 is 0 Å². The number of benzene rings is 1. The molecule has 0 saturated heterocycles. The van der Waals surface area contributed by atoms with Crippen LogP contribution in [0.25, 0.3) is 11.3 Å². The van der Waals surface area contributed by atoms with Gasteiger partial charge in [0.05, 0.1) is 12.2 Å². The topological polar surface area (TPSA) is 59.7 Å². The quantitative estimate of drug-likeness (QED) is 0.656. The van der Waals surface area contributed by atoms with Gasteiger partial charge in [0.1, 0.15) is 17.6 Å². The molecule has 2 aromatic rings. The minimum Gasteiger partial charge on any atom is -0.463 e. The molecule has 2 rings (SSSR count). The Morgan fingerprint density at radius 3 is 2.62 bits per heavy atom. The van der Waals surface area contributed by atoms with Crippen molar-refractivity contribution in [3.63, 3.8) is 0 Å². The average Bonchev–Trinajstić information content (AvgIpc) is 2.96. The zero-order chi connectivity index (χ0) is 15.4. The summed E-state index contributed by atoms with van der Waals surface area (Å²) >= 11 is 3.36. The van der Waals surface area contributed by atoms with Crippen LogP contribution in [0.15, 0.2) is 57.4 Å². The lowest BCUT2D eigenvalue weighted by molar-refractivity contribution is -0.139. The predicted molar refractivity (Wildman–Crippen MR) is 82.6 cm³/mol. The summed E-state index contributed by atoms with van der Waals surface area (Å²) in [6.07, 6.45) is -1.21. The molecule has 4 nitrogen and oxygen atoms in total. The van der Waals surface area contributed by atoms with Crippen LogP contribution >= 0.6 is 15.9 Å². The maximum Gasteiger partial charge on any atom is 0.336 e. The zero-order valence-electron chi connectivity index (χ0n) is 11.5. The first-order valence-electron chi connectivity index (χ1n) is 6.42. The molecular weight excluding hydrogens is 336 g/mol. The van der Waals surface area contributed by atoms with Crippen molar-refractivity contribution in [2.45, 2.75) is 13.0 Å². The molecule has 1 atom stereocenters. The largest absolute Gasteiger partial charge is 0.463 e. The van der Waals surface area contributed by atoms with E-state index in [0.29, 0.717) is 5.76 Å². The fraction of sp³-hybridized carbons (Fsp3) is 0.188. The second-order valence-electron chi connectivity index (χ2n) is 4.36. The number of carbonyl (C=O) groups is 1. The van der Waals surface area contributed by atoms with Crippen molar-refractivity contribution in [2.75, 3.05) is 6.61 Å². The Balaban J connectivity index is 2.17. The van der Waals surface area contributed by atoms with E-state index in [4.69, 9.17) is 9.15 Å². The van der Waals surface area contributed by atoms with Gasteiger partial charge in [0.15, 0.2) is 0 Å². The van der Waals surface area contributed by atoms with Crippen molar-refractivity contribution in [3.05, 3.63) is 58.8 Å². The molecule has 0 aliphatic rings. The van der Waals surface area contributed by atoms with Crippen LogP contribution in [-0.2, 0) is 9.53 Å². The summed E-state index contributed by atoms with van der Waals surface area (Å²) in [5.41, 5.74) is 0.826. The number of hydrogen-bond donors (Lipinski definition) is 1. The third-order valence-electron chi connectivity index (χ3n) is 2.89. The number of aliphatic hydroxyl groups is 1. The predicted octanol–water partition coefficient (Wildman–Crippen LogP) is 3.86. The van der Waals surface area contributed by atoms with Gasteiger partial charge in [0.25, 0.3) is 0 Å². The van der Waals surface area contributed by atoms with Gasteiger partial charge < -0.3 is 14.3 Å². The average molecular weight is 351 g/mol. The molecule has 0 amide bonds. The van der Waals surface area contributed by atoms with Gasteiger partial charge in [-0.1, -0.05) is 34.6 Å². The molecular formula is C16H15BrO4. The van der Waals surface area contributed by atoms with Crippen LogP contribution in [0.2, 0.25) is 0 Å². The normalized spacial score (nSPS) is 12.0. The minimum absolute atomic E-state index is 0.0476.